The smallest absolute Gasteiger partial charge is 0.160 e. The Kier molecular flexibility index (Phi) is 2.70. The minimum atomic E-state index is -0.792. The van der Waals surface area contributed by atoms with Crippen LogP contribution in [0.5, 0.6) is 0 Å². The predicted octanol–water partition coefficient (Wildman–Crippen LogP) is 3.09. The van der Waals surface area contributed by atoms with Crippen LogP contribution < -0.4 is 5.73 Å². The predicted molar refractivity (Wildman–Crippen MR) is 59.5 cm³/mol. The number of carbonyl (C=O) groups excluding carboxylic acids is 1. The Morgan fingerprint density at radius 3 is 2.56 bits per heavy atom. The van der Waals surface area contributed by atoms with Crippen molar-refractivity contribution in [2.24, 2.45) is 0 Å². The average molecular weight is 239 g/mol. The molecule has 1 aromatic carbocycles. The van der Waals surface area contributed by atoms with Crippen LogP contribution in [0.4, 0.5) is 14.5 Å². The zero-order chi connectivity index (χ0) is 11.7. The summed E-state index contributed by atoms with van der Waals surface area (Å²) in [5, 5.41) is 0. The second-order valence-electron chi connectivity index (χ2n) is 3.14. The van der Waals surface area contributed by atoms with Gasteiger partial charge in [-0.2, -0.15) is 0 Å². The number of rotatable bonds is 2. The molecule has 0 fully saturated rings. The van der Waals surface area contributed by atoms with E-state index in [1.807, 2.05) is 0 Å². The molecule has 2 rings (SSSR count). The third kappa shape index (κ3) is 1.69. The van der Waals surface area contributed by atoms with E-state index in [4.69, 9.17) is 5.73 Å². The number of hydrogen-bond acceptors (Lipinski definition) is 3. The van der Waals surface area contributed by atoms with Gasteiger partial charge in [-0.25, -0.2) is 8.78 Å². The third-order valence-electron chi connectivity index (χ3n) is 2.13. The summed E-state index contributed by atoms with van der Waals surface area (Å²) in [5.41, 5.74) is 4.95. The second kappa shape index (κ2) is 4.02. The van der Waals surface area contributed by atoms with Crippen molar-refractivity contribution in [2.45, 2.75) is 0 Å². The van der Waals surface area contributed by atoms with Crippen molar-refractivity contribution in [2.75, 3.05) is 5.73 Å². The number of carbonyl (C=O) groups is 1. The van der Waals surface area contributed by atoms with Gasteiger partial charge in [0.1, 0.15) is 11.5 Å². The Morgan fingerprint density at radius 2 is 1.94 bits per heavy atom. The number of anilines is 1. The summed E-state index contributed by atoms with van der Waals surface area (Å²) in [4.78, 5) is 11.5. The maximum absolute atomic E-state index is 13.6. The molecule has 0 radical (unpaired) electrons. The average Bonchev–Trinajstić information content (AvgIpc) is 2.74. The Bertz CT molecular complexity index is 551. The Balaban J connectivity index is 2.56. The zero-order valence-electron chi connectivity index (χ0n) is 8.04. The van der Waals surface area contributed by atoms with Gasteiger partial charge in [-0.3, -0.25) is 4.79 Å². The molecule has 1 aromatic heterocycles. The molecule has 0 spiro atoms. The third-order valence-corrected chi connectivity index (χ3v) is 3.18. The molecule has 5 heteroatoms. The Hall–Kier alpha value is -1.75. The monoisotopic (exact) mass is 239 g/mol. The van der Waals surface area contributed by atoms with Gasteiger partial charge >= 0.3 is 0 Å². The summed E-state index contributed by atoms with van der Waals surface area (Å²) in [7, 11) is 0. The number of nitrogens with two attached hydrogens (primary N) is 1. The molecule has 2 aromatic rings. The molecule has 82 valence electrons. The van der Waals surface area contributed by atoms with Gasteiger partial charge in [-0.15, -0.1) is 11.3 Å². The quantitative estimate of drug-likeness (QED) is 0.646. The van der Waals surface area contributed by atoms with Gasteiger partial charge in [0.25, 0.3) is 0 Å². The molecule has 0 unspecified atom stereocenters. The van der Waals surface area contributed by atoms with Crippen LogP contribution in [-0.4, -0.2) is 6.29 Å². The largest absolute Gasteiger partial charge is 0.394 e. The fraction of sp³-hybridized carbons (Fsp3) is 0. The number of aldehydes is 1. The molecule has 0 saturated heterocycles. The lowest BCUT2D eigenvalue weighted by Gasteiger charge is -2.03. The van der Waals surface area contributed by atoms with Crippen LogP contribution in [0.15, 0.2) is 24.3 Å². The lowest BCUT2D eigenvalue weighted by Crippen LogP contribution is -1.96. The number of benzene rings is 1. The Morgan fingerprint density at radius 1 is 1.19 bits per heavy atom. The van der Waals surface area contributed by atoms with E-state index in [0.29, 0.717) is 16.0 Å². The highest BCUT2D eigenvalue weighted by Gasteiger charge is 2.13. The summed E-state index contributed by atoms with van der Waals surface area (Å²) >= 11 is 1.13. The van der Waals surface area contributed by atoms with Gasteiger partial charge in [-0.05, 0) is 24.3 Å². The molecule has 0 aliphatic heterocycles. The van der Waals surface area contributed by atoms with Gasteiger partial charge in [0.2, 0.25) is 0 Å². The van der Waals surface area contributed by atoms with Crippen molar-refractivity contribution in [1.82, 2.24) is 0 Å². The Labute approximate surface area is 94.3 Å². The molecule has 1 heterocycles. The van der Waals surface area contributed by atoms with Crippen molar-refractivity contribution < 1.29 is 13.6 Å². The van der Waals surface area contributed by atoms with Gasteiger partial charge in [0, 0.05) is 10.4 Å². The first kappa shape index (κ1) is 10.8. The van der Waals surface area contributed by atoms with Crippen molar-refractivity contribution in [3.8, 4) is 10.4 Å². The maximum atomic E-state index is 13.6. The minimum Gasteiger partial charge on any atom is -0.394 e. The second-order valence-corrected chi connectivity index (χ2v) is 4.26. The molecule has 2 N–H and O–H groups in total. The van der Waals surface area contributed by atoms with E-state index >= 15 is 0 Å². The fourth-order valence-electron chi connectivity index (χ4n) is 1.32. The summed E-state index contributed by atoms with van der Waals surface area (Å²) < 4.78 is 26.5. The van der Waals surface area contributed by atoms with Crippen molar-refractivity contribution in [3.05, 3.63) is 40.8 Å². The van der Waals surface area contributed by atoms with Gasteiger partial charge < -0.3 is 5.73 Å². The summed E-state index contributed by atoms with van der Waals surface area (Å²) in [5.74, 6) is -1.58. The maximum Gasteiger partial charge on any atom is 0.160 e. The molecule has 16 heavy (non-hydrogen) atoms. The van der Waals surface area contributed by atoms with Gasteiger partial charge in [0.15, 0.2) is 12.1 Å². The van der Waals surface area contributed by atoms with Crippen LogP contribution in [0.25, 0.3) is 10.4 Å². The molecule has 2 nitrogen and oxygen atoms in total. The van der Waals surface area contributed by atoms with E-state index in [0.717, 1.165) is 17.4 Å². The highest BCUT2D eigenvalue weighted by molar-refractivity contribution is 7.17. The van der Waals surface area contributed by atoms with E-state index in [2.05, 4.69) is 0 Å². The van der Waals surface area contributed by atoms with Crippen LogP contribution >= 0.6 is 11.3 Å². The molecular weight excluding hydrogens is 232 g/mol. The highest BCUT2D eigenvalue weighted by Crippen LogP contribution is 2.32. The van der Waals surface area contributed by atoms with E-state index in [1.54, 1.807) is 12.1 Å². The lowest BCUT2D eigenvalue weighted by atomic mass is 10.1. The van der Waals surface area contributed by atoms with Crippen LogP contribution in [0.1, 0.15) is 9.67 Å². The molecule has 0 aliphatic carbocycles. The molecule has 0 atom stereocenters. The molecule has 0 saturated carbocycles. The van der Waals surface area contributed by atoms with E-state index in [-0.39, 0.29) is 5.56 Å². The van der Waals surface area contributed by atoms with Crippen LogP contribution in [0.3, 0.4) is 0 Å². The molecular formula is C11H7F2NOS. The van der Waals surface area contributed by atoms with Crippen LogP contribution in [0, 0.1) is 11.6 Å². The lowest BCUT2D eigenvalue weighted by molar-refractivity contribution is 0.112. The van der Waals surface area contributed by atoms with E-state index in [9.17, 15) is 13.6 Å². The highest BCUT2D eigenvalue weighted by atomic mass is 32.1. The SMILES string of the molecule is Nc1c(F)ccc(-c2ccc(C=O)s2)c1F. The van der Waals surface area contributed by atoms with Crippen molar-refractivity contribution in [1.29, 1.82) is 0 Å². The topological polar surface area (TPSA) is 43.1 Å². The number of hydrogen-bond donors (Lipinski definition) is 1. The first-order chi connectivity index (χ1) is 7.63. The normalized spacial score (nSPS) is 10.4. The van der Waals surface area contributed by atoms with Crippen molar-refractivity contribution in [3.63, 3.8) is 0 Å². The molecule has 0 amide bonds. The van der Waals surface area contributed by atoms with Gasteiger partial charge in [-0.1, -0.05) is 0 Å². The molecule has 0 aliphatic rings. The standard InChI is InChI=1S/C11H7F2NOS/c12-8-3-2-7(10(13)11(8)14)9-4-1-6(5-15)16-9/h1-5H,14H2. The van der Waals surface area contributed by atoms with E-state index in [1.165, 1.54) is 6.07 Å². The minimum absolute atomic E-state index is 0.206. The summed E-state index contributed by atoms with van der Waals surface area (Å²) in [6.07, 6.45) is 0.680. The zero-order valence-corrected chi connectivity index (χ0v) is 8.85. The summed E-state index contributed by atoms with van der Waals surface area (Å²) in [6.45, 7) is 0. The first-order valence-electron chi connectivity index (χ1n) is 4.42. The van der Waals surface area contributed by atoms with Crippen LogP contribution in [0.2, 0.25) is 0 Å². The van der Waals surface area contributed by atoms with Crippen molar-refractivity contribution >= 4 is 23.3 Å². The summed E-state index contributed by atoms with van der Waals surface area (Å²) in [6, 6.07) is 5.59. The fourth-order valence-corrected chi connectivity index (χ4v) is 2.16. The van der Waals surface area contributed by atoms with E-state index < -0.39 is 17.3 Å². The first-order valence-corrected chi connectivity index (χ1v) is 5.24. The van der Waals surface area contributed by atoms with Gasteiger partial charge in [0.05, 0.1) is 4.88 Å². The number of nitrogen functional groups attached to an aromatic ring is 1. The molecule has 0 bridgehead atoms. The van der Waals surface area contributed by atoms with Crippen LogP contribution in [-0.2, 0) is 0 Å². The number of thiophene rings is 1. The number of halogens is 2.